The number of nitrogens with zero attached hydrogens (tertiary/aromatic N) is 1. The van der Waals surface area contributed by atoms with Crippen molar-refractivity contribution >= 4 is 34.7 Å². The summed E-state index contributed by atoms with van der Waals surface area (Å²) in [5, 5.41) is 1.27. The first-order valence-corrected chi connectivity index (χ1v) is 12.8. The molecule has 0 bridgehead atoms. The highest BCUT2D eigenvalue weighted by Gasteiger charge is 2.54. The molecule has 0 radical (unpaired) electrons. The van der Waals surface area contributed by atoms with E-state index in [1.807, 2.05) is 78.6 Å². The lowest BCUT2D eigenvalue weighted by molar-refractivity contribution is -0.130. The Morgan fingerprint density at radius 1 is 0.972 bits per heavy atom. The zero-order chi connectivity index (χ0) is 25.5. The van der Waals surface area contributed by atoms with Gasteiger partial charge in [0.2, 0.25) is 0 Å². The Kier molecular flexibility index (Phi) is 6.73. The van der Waals surface area contributed by atoms with Gasteiger partial charge >= 0.3 is 0 Å². The SMILES string of the molecule is C=C(C)c1ccc2c(c1)C(=O)N(Cc1ccc(Cl)cc1)C2(OCC1(COC)CC1)c1ccc(Cl)cc1. The Hall–Kier alpha value is -2.63. The van der Waals surface area contributed by atoms with Crippen molar-refractivity contribution in [2.75, 3.05) is 20.3 Å². The lowest BCUT2D eigenvalue weighted by Gasteiger charge is -2.40. The Bertz CT molecular complexity index is 1300. The number of rotatable bonds is 9. The van der Waals surface area contributed by atoms with Crippen LogP contribution in [0, 0.1) is 5.41 Å². The van der Waals surface area contributed by atoms with Crippen LogP contribution < -0.4 is 0 Å². The molecule has 3 aromatic carbocycles. The van der Waals surface area contributed by atoms with Crippen LogP contribution in [0.1, 0.15) is 52.4 Å². The van der Waals surface area contributed by atoms with Gasteiger partial charge in [0.1, 0.15) is 0 Å². The highest BCUT2D eigenvalue weighted by atomic mass is 35.5. The molecule has 1 amide bonds. The van der Waals surface area contributed by atoms with E-state index >= 15 is 0 Å². The number of ether oxygens (including phenoxy) is 2. The van der Waals surface area contributed by atoms with Gasteiger partial charge in [0, 0.05) is 45.8 Å². The monoisotopic (exact) mass is 521 g/mol. The van der Waals surface area contributed by atoms with Crippen molar-refractivity contribution in [3.05, 3.63) is 111 Å². The van der Waals surface area contributed by atoms with Crippen molar-refractivity contribution in [1.29, 1.82) is 0 Å². The van der Waals surface area contributed by atoms with Crippen molar-refractivity contribution in [2.45, 2.75) is 32.0 Å². The van der Waals surface area contributed by atoms with Gasteiger partial charge in [-0.05, 0) is 61.2 Å². The maximum absolute atomic E-state index is 14.1. The largest absolute Gasteiger partial charge is 0.384 e. The first kappa shape index (κ1) is 25.0. The summed E-state index contributed by atoms with van der Waals surface area (Å²) < 4.78 is 12.4. The van der Waals surface area contributed by atoms with Gasteiger partial charge in [0.05, 0.1) is 13.2 Å². The molecule has 1 saturated carbocycles. The van der Waals surface area contributed by atoms with E-state index in [0.717, 1.165) is 40.7 Å². The molecule has 0 saturated heterocycles. The van der Waals surface area contributed by atoms with Crippen molar-refractivity contribution in [2.24, 2.45) is 5.41 Å². The average molecular weight is 522 g/mol. The maximum atomic E-state index is 14.1. The second-order valence-corrected chi connectivity index (χ2v) is 10.8. The molecule has 4 nitrogen and oxygen atoms in total. The van der Waals surface area contributed by atoms with E-state index in [4.69, 9.17) is 32.7 Å². The summed E-state index contributed by atoms with van der Waals surface area (Å²) in [6.45, 7) is 7.46. The number of hydrogen-bond acceptors (Lipinski definition) is 3. The number of fused-ring (bicyclic) bond motifs is 1. The fraction of sp³-hybridized carbons (Fsp3) is 0.300. The molecule has 1 aliphatic heterocycles. The number of benzene rings is 3. The molecule has 0 N–H and O–H groups in total. The molecule has 0 aromatic heterocycles. The molecular weight excluding hydrogens is 493 g/mol. The summed E-state index contributed by atoms with van der Waals surface area (Å²) in [6.07, 6.45) is 2.06. The third-order valence-electron chi connectivity index (χ3n) is 7.22. The number of methoxy groups -OCH3 is 1. The highest BCUT2D eigenvalue weighted by Crippen LogP contribution is 2.52. The third kappa shape index (κ3) is 4.48. The molecule has 1 atom stereocenters. The molecule has 1 heterocycles. The predicted octanol–water partition coefficient (Wildman–Crippen LogP) is 7.33. The molecule has 36 heavy (non-hydrogen) atoms. The topological polar surface area (TPSA) is 38.8 Å². The van der Waals surface area contributed by atoms with Crippen molar-refractivity contribution in [1.82, 2.24) is 4.90 Å². The second-order valence-electron chi connectivity index (χ2n) is 9.93. The molecule has 3 aromatic rings. The van der Waals surface area contributed by atoms with E-state index in [1.165, 1.54) is 0 Å². The molecule has 1 aliphatic carbocycles. The smallest absolute Gasteiger partial charge is 0.257 e. The van der Waals surface area contributed by atoms with Gasteiger partial charge in [-0.1, -0.05) is 71.8 Å². The minimum absolute atomic E-state index is 0.0381. The number of hydrogen-bond donors (Lipinski definition) is 0. The van der Waals surface area contributed by atoms with E-state index in [1.54, 1.807) is 7.11 Å². The van der Waals surface area contributed by atoms with Crippen LogP contribution in [0.25, 0.3) is 5.57 Å². The third-order valence-corrected chi connectivity index (χ3v) is 7.72. The Morgan fingerprint density at radius 3 is 2.19 bits per heavy atom. The second kappa shape index (κ2) is 9.68. The molecule has 1 unspecified atom stereocenters. The Balaban J connectivity index is 1.68. The van der Waals surface area contributed by atoms with Crippen LogP contribution in [0.3, 0.4) is 0 Å². The van der Waals surface area contributed by atoms with Crippen LogP contribution in [-0.4, -0.2) is 31.1 Å². The number of halogens is 2. The lowest BCUT2D eigenvalue weighted by Crippen LogP contribution is -2.47. The fourth-order valence-electron chi connectivity index (χ4n) is 4.97. The quantitative estimate of drug-likeness (QED) is 0.296. The van der Waals surface area contributed by atoms with Crippen LogP contribution in [0.2, 0.25) is 10.0 Å². The van der Waals surface area contributed by atoms with Crippen LogP contribution >= 0.6 is 23.2 Å². The van der Waals surface area contributed by atoms with Gasteiger partial charge in [-0.2, -0.15) is 0 Å². The maximum Gasteiger partial charge on any atom is 0.257 e. The molecule has 5 rings (SSSR count). The first-order valence-electron chi connectivity index (χ1n) is 12.0. The Morgan fingerprint density at radius 2 is 1.61 bits per heavy atom. The van der Waals surface area contributed by atoms with E-state index in [9.17, 15) is 4.79 Å². The molecule has 6 heteroatoms. The minimum atomic E-state index is -1.12. The molecular formula is C30H29Cl2NO3. The summed E-state index contributed by atoms with van der Waals surface area (Å²) in [6, 6.07) is 21.1. The summed E-state index contributed by atoms with van der Waals surface area (Å²) >= 11 is 12.4. The number of carbonyl (C=O) groups excluding carboxylic acids is 1. The minimum Gasteiger partial charge on any atom is -0.384 e. The first-order chi connectivity index (χ1) is 17.3. The summed E-state index contributed by atoms with van der Waals surface area (Å²) in [7, 11) is 1.72. The standard InChI is InChI=1S/C30H29Cl2NO3/c1-20(2)22-6-13-27-26(16-22)28(34)33(17-21-4-9-24(31)10-5-21)30(27,23-7-11-25(32)12-8-23)36-19-29(14-15-29)18-35-3/h4-13,16H,1,14-15,17-19H2,2-3H3. The van der Waals surface area contributed by atoms with Crippen molar-refractivity contribution in [3.63, 3.8) is 0 Å². The van der Waals surface area contributed by atoms with Gasteiger partial charge in [0.15, 0.2) is 5.72 Å². The van der Waals surface area contributed by atoms with Crippen LogP contribution in [0.15, 0.2) is 73.3 Å². The number of carbonyl (C=O) groups is 1. The van der Waals surface area contributed by atoms with Gasteiger partial charge in [0.25, 0.3) is 5.91 Å². The average Bonchev–Trinajstić information content (AvgIpc) is 3.60. The van der Waals surface area contributed by atoms with Crippen LogP contribution in [0.5, 0.6) is 0 Å². The number of allylic oxidation sites excluding steroid dienone is 1. The molecule has 186 valence electrons. The molecule has 0 spiro atoms. The number of amides is 1. The predicted molar refractivity (Wildman–Crippen MR) is 144 cm³/mol. The van der Waals surface area contributed by atoms with Crippen LogP contribution in [-0.2, 0) is 21.7 Å². The van der Waals surface area contributed by atoms with Gasteiger partial charge in [-0.3, -0.25) is 9.69 Å². The normalized spacial score (nSPS) is 19.9. The zero-order valence-corrected chi connectivity index (χ0v) is 22.0. The molecule has 1 fully saturated rings. The van der Waals surface area contributed by atoms with Gasteiger partial charge in [-0.25, -0.2) is 0 Å². The summed E-state index contributed by atoms with van der Waals surface area (Å²) in [5.74, 6) is -0.0883. The zero-order valence-electron chi connectivity index (χ0n) is 20.5. The van der Waals surface area contributed by atoms with Crippen molar-refractivity contribution < 1.29 is 14.3 Å². The van der Waals surface area contributed by atoms with E-state index in [-0.39, 0.29) is 11.3 Å². The van der Waals surface area contributed by atoms with E-state index in [2.05, 4.69) is 6.58 Å². The van der Waals surface area contributed by atoms with E-state index < -0.39 is 5.72 Å². The lowest BCUT2D eigenvalue weighted by atomic mass is 9.91. The molecule has 2 aliphatic rings. The highest BCUT2D eigenvalue weighted by molar-refractivity contribution is 6.30. The fourth-order valence-corrected chi connectivity index (χ4v) is 5.22. The van der Waals surface area contributed by atoms with Gasteiger partial charge < -0.3 is 9.47 Å². The summed E-state index contributed by atoms with van der Waals surface area (Å²) in [5.41, 5.74) is 3.93. The van der Waals surface area contributed by atoms with E-state index in [0.29, 0.717) is 35.4 Å². The summed E-state index contributed by atoms with van der Waals surface area (Å²) in [4.78, 5) is 15.9. The van der Waals surface area contributed by atoms with Crippen LogP contribution in [0.4, 0.5) is 0 Å². The van der Waals surface area contributed by atoms with Crippen molar-refractivity contribution in [3.8, 4) is 0 Å². The van der Waals surface area contributed by atoms with Gasteiger partial charge in [-0.15, -0.1) is 0 Å². The Labute approximate surface area is 222 Å².